The van der Waals surface area contributed by atoms with Crippen molar-refractivity contribution in [1.82, 2.24) is 15.5 Å². The van der Waals surface area contributed by atoms with Crippen molar-refractivity contribution in [2.75, 3.05) is 0 Å². The molecule has 4 aliphatic rings. The third-order valence-corrected chi connectivity index (χ3v) is 6.13. The van der Waals surface area contributed by atoms with Crippen LogP contribution >= 0.6 is 0 Å². The molecule has 2 heterocycles. The van der Waals surface area contributed by atoms with Crippen LogP contribution in [-0.2, 0) is 16.8 Å². The maximum absolute atomic E-state index is 12.1. The van der Waals surface area contributed by atoms with Gasteiger partial charge in [-0.2, -0.15) is 4.98 Å². The van der Waals surface area contributed by atoms with Crippen molar-refractivity contribution in [2.45, 2.75) is 50.5 Å². The number of aromatic nitrogens is 2. The fraction of sp³-hybridized carbons (Fsp3) is 0.800. The van der Waals surface area contributed by atoms with Crippen molar-refractivity contribution >= 4 is 5.91 Å². The van der Waals surface area contributed by atoms with Crippen LogP contribution in [0.2, 0.25) is 0 Å². The number of carbonyl (C=O) groups excluding carboxylic acids is 1. The van der Waals surface area contributed by atoms with E-state index in [-0.39, 0.29) is 17.4 Å². The number of amides is 1. The molecule has 0 aromatic carbocycles. The lowest BCUT2D eigenvalue weighted by Crippen LogP contribution is -2.41. The van der Waals surface area contributed by atoms with E-state index in [0.717, 1.165) is 37.4 Å². The highest BCUT2D eigenvalue weighted by molar-refractivity contribution is 5.84. The highest BCUT2D eigenvalue weighted by Gasteiger charge is 2.66. The van der Waals surface area contributed by atoms with Crippen molar-refractivity contribution in [3.05, 3.63) is 11.7 Å². The zero-order valence-corrected chi connectivity index (χ0v) is 11.5. The molecule has 1 aromatic heterocycles. The maximum Gasteiger partial charge on any atom is 0.252 e. The van der Waals surface area contributed by atoms with E-state index in [1.807, 2.05) is 0 Å². The SMILES string of the molecule is O=C1NC2(c3nc(CC4CCC4)no3)CC3CC1C2C3. The summed E-state index contributed by atoms with van der Waals surface area (Å²) < 4.78 is 5.56. The molecule has 1 aliphatic heterocycles. The minimum atomic E-state index is -0.324. The molecule has 2 bridgehead atoms. The summed E-state index contributed by atoms with van der Waals surface area (Å²) >= 11 is 0. The number of rotatable bonds is 3. The molecule has 0 radical (unpaired) electrons. The second kappa shape index (κ2) is 3.62. The van der Waals surface area contributed by atoms with Crippen LogP contribution in [0.15, 0.2) is 4.52 Å². The Morgan fingerprint density at radius 3 is 3.00 bits per heavy atom. The molecule has 1 aromatic rings. The van der Waals surface area contributed by atoms with Crippen LogP contribution in [-0.4, -0.2) is 16.0 Å². The summed E-state index contributed by atoms with van der Waals surface area (Å²) in [6.07, 6.45) is 8.04. The lowest BCUT2D eigenvalue weighted by atomic mass is 9.79. The smallest absolute Gasteiger partial charge is 0.252 e. The zero-order valence-electron chi connectivity index (χ0n) is 11.5. The Hall–Kier alpha value is -1.39. The number of fused-ring (bicyclic) bond motifs is 1. The summed E-state index contributed by atoms with van der Waals surface area (Å²) in [6.45, 7) is 0. The van der Waals surface area contributed by atoms with E-state index in [0.29, 0.717) is 17.7 Å². The normalized spacial score (nSPS) is 42.0. The van der Waals surface area contributed by atoms with Gasteiger partial charge in [0.05, 0.1) is 0 Å². The highest BCUT2D eigenvalue weighted by Crippen LogP contribution is 2.61. The quantitative estimate of drug-likeness (QED) is 0.911. The monoisotopic (exact) mass is 273 g/mol. The number of carbonyl (C=O) groups is 1. The largest absolute Gasteiger partial charge is 0.341 e. The summed E-state index contributed by atoms with van der Waals surface area (Å²) in [6, 6.07) is 0. The van der Waals surface area contributed by atoms with E-state index in [9.17, 15) is 4.79 Å². The number of nitrogens with zero attached hydrogens (tertiary/aromatic N) is 2. The Morgan fingerprint density at radius 1 is 1.35 bits per heavy atom. The number of hydrogen-bond donors (Lipinski definition) is 1. The molecule has 3 aliphatic carbocycles. The van der Waals surface area contributed by atoms with Crippen molar-refractivity contribution in [2.24, 2.45) is 23.7 Å². The second-order valence-corrected chi connectivity index (χ2v) is 7.23. The summed E-state index contributed by atoms with van der Waals surface area (Å²) in [5.41, 5.74) is -0.324. The summed E-state index contributed by atoms with van der Waals surface area (Å²) in [7, 11) is 0. The standard InChI is InChI=1S/C15H19N3O2/c19-13-10-4-9-5-11(10)15(7-9,17-13)14-16-12(18-20-14)6-8-2-1-3-8/h8-11H,1-7H2,(H,17,19). The third kappa shape index (κ3) is 1.31. The maximum atomic E-state index is 12.1. The van der Waals surface area contributed by atoms with Crippen LogP contribution in [0.3, 0.4) is 0 Å². The van der Waals surface area contributed by atoms with Gasteiger partial charge >= 0.3 is 0 Å². The summed E-state index contributed by atoms with van der Waals surface area (Å²) in [5.74, 6) is 3.69. The van der Waals surface area contributed by atoms with Gasteiger partial charge in [-0.1, -0.05) is 24.4 Å². The van der Waals surface area contributed by atoms with Gasteiger partial charge in [0.25, 0.3) is 5.89 Å². The predicted octanol–water partition coefficient (Wildman–Crippen LogP) is 1.78. The van der Waals surface area contributed by atoms with Crippen molar-refractivity contribution in [3.8, 4) is 0 Å². The minimum Gasteiger partial charge on any atom is -0.341 e. The Labute approximate surface area is 117 Å². The third-order valence-electron chi connectivity index (χ3n) is 6.13. The molecule has 1 amide bonds. The Kier molecular flexibility index (Phi) is 2.05. The molecule has 1 saturated heterocycles. The topological polar surface area (TPSA) is 68.0 Å². The fourth-order valence-corrected chi connectivity index (χ4v) is 4.98. The van der Waals surface area contributed by atoms with Gasteiger partial charge in [0.2, 0.25) is 5.91 Å². The Bertz CT molecular complexity index is 579. The van der Waals surface area contributed by atoms with Crippen molar-refractivity contribution in [3.63, 3.8) is 0 Å². The first-order valence-electron chi connectivity index (χ1n) is 7.90. The molecule has 4 atom stereocenters. The Morgan fingerprint density at radius 2 is 2.25 bits per heavy atom. The summed E-state index contributed by atoms with van der Waals surface area (Å²) in [5, 5.41) is 7.36. The minimum absolute atomic E-state index is 0.190. The van der Waals surface area contributed by atoms with E-state index in [2.05, 4.69) is 15.5 Å². The molecule has 3 saturated carbocycles. The van der Waals surface area contributed by atoms with Crippen LogP contribution in [0.4, 0.5) is 0 Å². The molecule has 1 N–H and O–H groups in total. The molecular formula is C15H19N3O2. The average molecular weight is 273 g/mol. The van der Waals surface area contributed by atoms with Crippen LogP contribution in [0.1, 0.15) is 50.2 Å². The molecule has 4 fully saturated rings. The molecular weight excluding hydrogens is 254 g/mol. The highest BCUT2D eigenvalue weighted by atomic mass is 16.5. The molecule has 4 unspecified atom stereocenters. The molecule has 20 heavy (non-hydrogen) atoms. The molecule has 5 heteroatoms. The van der Waals surface area contributed by atoms with Gasteiger partial charge in [-0.15, -0.1) is 0 Å². The van der Waals surface area contributed by atoms with Gasteiger partial charge in [0, 0.05) is 18.3 Å². The first-order valence-corrected chi connectivity index (χ1v) is 7.90. The zero-order chi connectivity index (χ0) is 13.3. The lowest BCUT2D eigenvalue weighted by Gasteiger charge is -2.28. The van der Waals surface area contributed by atoms with Crippen LogP contribution in [0, 0.1) is 23.7 Å². The van der Waals surface area contributed by atoms with Gasteiger partial charge in [-0.3, -0.25) is 4.79 Å². The van der Waals surface area contributed by atoms with E-state index in [4.69, 9.17) is 4.52 Å². The van der Waals surface area contributed by atoms with E-state index < -0.39 is 0 Å². The van der Waals surface area contributed by atoms with Crippen LogP contribution in [0.25, 0.3) is 0 Å². The van der Waals surface area contributed by atoms with Gasteiger partial charge in [0.1, 0.15) is 5.54 Å². The summed E-state index contributed by atoms with van der Waals surface area (Å²) in [4.78, 5) is 16.8. The first kappa shape index (κ1) is 11.3. The molecule has 5 rings (SSSR count). The van der Waals surface area contributed by atoms with Crippen LogP contribution in [0.5, 0.6) is 0 Å². The van der Waals surface area contributed by atoms with Gasteiger partial charge < -0.3 is 9.84 Å². The van der Waals surface area contributed by atoms with Gasteiger partial charge in [-0.05, 0) is 31.1 Å². The lowest BCUT2D eigenvalue weighted by molar-refractivity contribution is -0.122. The number of hydrogen-bond acceptors (Lipinski definition) is 4. The molecule has 5 nitrogen and oxygen atoms in total. The van der Waals surface area contributed by atoms with Gasteiger partial charge in [-0.25, -0.2) is 0 Å². The molecule has 106 valence electrons. The first-order chi connectivity index (χ1) is 9.74. The van der Waals surface area contributed by atoms with E-state index in [1.165, 1.54) is 19.3 Å². The second-order valence-electron chi connectivity index (χ2n) is 7.23. The average Bonchev–Trinajstić information content (AvgIpc) is 3.07. The van der Waals surface area contributed by atoms with Crippen molar-refractivity contribution < 1.29 is 9.32 Å². The van der Waals surface area contributed by atoms with Crippen LogP contribution < -0.4 is 5.32 Å². The van der Waals surface area contributed by atoms with Gasteiger partial charge in [0.15, 0.2) is 5.82 Å². The Balaban J connectivity index is 1.46. The van der Waals surface area contributed by atoms with E-state index in [1.54, 1.807) is 0 Å². The predicted molar refractivity (Wildman–Crippen MR) is 69.5 cm³/mol. The molecule has 0 spiro atoms. The number of nitrogens with one attached hydrogen (secondary N) is 1. The van der Waals surface area contributed by atoms with E-state index >= 15 is 0 Å². The fourth-order valence-electron chi connectivity index (χ4n) is 4.98. The van der Waals surface area contributed by atoms with Crippen molar-refractivity contribution in [1.29, 1.82) is 0 Å².